The number of anilines is 1. The van der Waals surface area contributed by atoms with Crippen LogP contribution < -0.4 is 5.32 Å². The van der Waals surface area contributed by atoms with Crippen LogP contribution in [0.5, 0.6) is 0 Å². The van der Waals surface area contributed by atoms with Crippen molar-refractivity contribution < 1.29 is 13.7 Å². The van der Waals surface area contributed by atoms with E-state index in [0.717, 1.165) is 16.8 Å². The highest BCUT2D eigenvalue weighted by Gasteiger charge is 2.14. The summed E-state index contributed by atoms with van der Waals surface area (Å²) in [7, 11) is 0. The Balaban J connectivity index is 1.45. The lowest BCUT2D eigenvalue weighted by molar-refractivity contribution is -0.116. The number of aromatic nitrogens is 4. The molecule has 29 heavy (non-hydrogen) atoms. The first-order valence-electron chi connectivity index (χ1n) is 8.97. The first-order valence-corrected chi connectivity index (χ1v) is 8.97. The van der Waals surface area contributed by atoms with Gasteiger partial charge in [-0.1, -0.05) is 17.3 Å². The second-order valence-electron chi connectivity index (χ2n) is 6.73. The molecular weight excluding hydrogens is 373 g/mol. The van der Waals surface area contributed by atoms with Gasteiger partial charge in [0.15, 0.2) is 0 Å². The maximum atomic E-state index is 13.0. The molecule has 0 atom stereocenters. The van der Waals surface area contributed by atoms with Crippen LogP contribution in [0.1, 0.15) is 11.1 Å². The minimum Gasteiger partial charge on any atom is -0.334 e. The molecule has 146 valence electrons. The predicted molar refractivity (Wildman–Crippen MR) is 105 cm³/mol. The zero-order valence-electron chi connectivity index (χ0n) is 15.9. The lowest BCUT2D eigenvalue weighted by Gasteiger charge is -2.09. The van der Waals surface area contributed by atoms with E-state index in [9.17, 15) is 9.18 Å². The lowest BCUT2D eigenvalue weighted by atomic mass is 10.1. The van der Waals surface area contributed by atoms with Crippen molar-refractivity contribution in [2.45, 2.75) is 20.4 Å². The van der Waals surface area contributed by atoms with Crippen LogP contribution in [-0.4, -0.2) is 25.6 Å². The molecule has 0 radical (unpaired) electrons. The molecule has 0 saturated heterocycles. The molecule has 8 heteroatoms. The molecule has 0 saturated carbocycles. The summed E-state index contributed by atoms with van der Waals surface area (Å²) in [6.07, 6.45) is 3.20. The van der Waals surface area contributed by atoms with E-state index in [4.69, 9.17) is 4.52 Å². The van der Waals surface area contributed by atoms with Gasteiger partial charge in [0, 0.05) is 17.4 Å². The van der Waals surface area contributed by atoms with Crippen LogP contribution >= 0.6 is 0 Å². The fourth-order valence-electron chi connectivity index (χ4n) is 2.83. The maximum Gasteiger partial charge on any atom is 0.258 e. The molecule has 2 aromatic carbocycles. The molecule has 1 N–H and O–H groups in total. The minimum absolute atomic E-state index is 0.100. The number of halogens is 1. The van der Waals surface area contributed by atoms with Crippen molar-refractivity contribution in [3.05, 3.63) is 71.9 Å². The van der Waals surface area contributed by atoms with E-state index >= 15 is 0 Å². The number of aryl methyl sites for hydroxylation is 2. The fraction of sp³-hybridized carbons (Fsp3) is 0.143. The molecule has 4 aromatic rings. The molecule has 0 fully saturated rings. The largest absolute Gasteiger partial charge is 0.334 e. The summed E-state index contributed by atoms with van der Waals surface area (Å²) in [4.78, 5) is 20.9. The summed E-state index contributed by atoms with van der Waals surface area (Å²) in [6.45, 7) is 4.02. The van der Waals surface area contributed by atoms with E-state index < -0.39 is 0 Å². The van der Waals surface area contributed by atoms with Crippen LogP contribution in [0, 0.1) is 19.7 Å². The molecule has 0 aliphatic carbocycles. The van der Waals surface area contributed by atoms with Gasteiger partial charge in [-0.05, 0) is 55.3 Å². The van der Waals surface area contributed by atoms with Crippen LogP contribution in [0.3, 0.4) is 0 Å². The van der Waals surface area contributed by atoms with E-state index in [1.807, 2.05) is 32.0 Å². The molecule has 0 aliphatic heterocycles. The highest BCUT2D eigenvalue weighted by Crippen LogP contribution is 2.21. The molecule has 2 heterocycles. The second kappa shape index (κ2) is 7.67. The average molecular weight is 391 g/mol. The molecule has 0 aliphatic rings. The summed E-state index contributed by atoms with van der Waals surface area (Å²) in [5.41, 5.74) is 3.94. The second-order valence-corrected chi connectivity index (χ2v) is 6.73. The zero-order chi connectivity index (χ0) is 20.4. The van der Waals surface area contributed by atoms with Gasteiger partial charge in [-0.15, -0.1) is 0 Å². The predicted octanol–water partition coefficient (Wildman–Crippen LogP) is 3.99. The van der Waals surface area contributed by atoms with Gasteiger partial charge in [-0.2, -0.15) is 4.98 Å². The number of benzene rings is 2. The molecule has 0 bridgehead atoms. The van der Waals surface area contributed by atoms with E-state index in [-0.39, 0.29) is 30.0 Å². The van der Waals surface area contributed by atoms with E-state index in [1.165, 1.54) is 18.5 Å². The average Bonchev–Trinajstić information content (AvgIpc) is 3.35. The third kappa shape index (κ3) is 4.21. The van der Waals surface area contributed by atoms with Crippen molar-refractivity contribution in [2.75, 3.05) is 5.32 Å². The normalized spacial score (nSPS) is 10.9. The number of amides is 1. The van der Waals surface area contributed by atoms with Crippen LogP contribution in [0.2, 0.25) is 0 Å². The highest BCUT2D eigenvalue weighted by molar-refractivity contribution is 5.91. The number of imidazole rings is 1. The topological polar surface area (TPSA) is 85.8 Å². The Morgan fingerprint density at radius 3 is 2.76 bits per heavy atom. The van der Waals surface area contributed by atoms with Gasteiger partial charge in [0.2, 0.25) is 11.7 Å². The van der Waals surface area contributed by atoms with Crippen molar-refractivity contribution in [2.24, 2.45) is 0 Å². The Bertz CT molecular complexity index is 1160. The first-order chi connectivity index (χ1) is 14.0. The smallest absolute Gasteiger partial charge is 0.258 e. The van der Waals surface area contributed by atoms with E-state index in [2.05, 4.69) is 20.4 Å². The lowest BCUT2D eigenvalue weighted by Crippen LogP contribution is -2.18. The van der Waals surface area contributed by atoms with Gasteiger partial charge in [-0.3, -0.25) is 4.79 Å². The number of carbonyl (C=O) groups excluding carboxylic acids is 1. The van der Waals surface area contributed by atoms with Crippen molar-refractivity contribution >= 4 is 11.6 Å². The van der Waals surface area contributed by atoms with Crippen LogP contribution in [-0.2, 0) is 11.3 Å². The van der Waals surface area contributed by atoms with Gasteiger partial charge in [-0.25, -0.2) is 9.37 Å². The Hall–Kier alpha value is -3.81. The highest BCUT2D eigenvalue weighted by atomic mass is 19.1. The molecule has 0 spiro atoms. The summed E-state index contributed by atoms with van der Waals surface area (Å²) in [6, 6.07) is 11.7. The van der Waals surface area contributed by atoms with Gasteiger partial charge >= 0.3 is 0 Å². The van der Waals surface area contributed by atoms with Gasteiger partial charge in [0.1, 0.15) is 18.1 Å². The van der Waals surface area contributed by atoms with Gasteiger partial charge in [0.05, 0.1) is 6.33 Å². The molecule has 2 aromatic heterocycles. The number of hydrogen-bond acceptors (Lipinski definition) is 5. The van der Waals surface area contributed by atoms with Gasteiger partial charge in [0.25, 0.3) is 5.89 Å². The van der Waals surface area contributed by atoms with Crippen molar-refractivity contribution in [3.63, 3.8) is 0 Å². The molecular formula is C21H18FN5O2. The molecule has 4 rings (SSSR count). The summed E-state index contributed by atoms with van der Waals surface area (Å²) >= 11 is 0. The Labute approximate surface area is 166 Å². The molecule has 7 nitrogen and oxygen atoms in total. The van der Waals surface area contributed by atoms with Crippen molar-refractivity contribution in [1.82, 2.24) is 19.7 Å². The third-order valence-electron chi connectivity index (χ3n) is 4.37. The van der Waals surface area contributed by atoms with Crippen LogP contribution in [0.25, 0.3) is 23.0 Å². The van der Waals surface area contributed by atoms with Crippen molar-refractivity contribution in [1.29, 1.82) is 0 Å². The van der Waals surface area contributed by atoms with Crippen molar-refractivity contribution in [3.8, 4) is 23.0 Å². The molecule has 1 amide bonds. The van der Waals surface area contributed by atoms with E-state index in [0.29, 0.717) is 11.3 Å². The first kappa shape index (κ1) is 18.5. The summed E-state index contributed by atoms with van der Waals surface area (Å²) in [5, 5.41) is 6.82. The summed E-state index contributed by atoms with van der Waals surface area (Å²) < 4.78 is 19.9. The number of nitrogens with one attached hydrogen (secondary N) is 1. The molecule has 0 unspecified atom stereocenters. The number of rotatable bonds is 5. The standard InChI is InChI=1S/C21H18FN5O2/c1-13-3-4-14(2)17(9-13)24-19(28)11-27-10-18(23-12-27)20-25-21(29-26-20)15-5-7-16(22)8-6-15/h3-10,12H,11H2,1-2H3,(H,24,28). The fourth-order valence-corrected chi connectivity index (χ4v) is 2.83. The minimum atomic E-state index is -0.341. The van der Waals surface area contributed by atoms with Gasteiger partial charge < -0.3 is 14.4 Å². The maximum absolute atomic E-state index is 13.0. The Kier molecular flexibility index (Phi) is 4.90. The quantitative estimate of drug-likeness (QED) is 0.556. The Morgan fingerprint density at radius 1 is 1.17 bits per heavy atom. The number of carbonyl (C=O) groups is 1. The number of nitrogens with zero attached hydrogens (tertiary/aromatic N) is 4. The Morgan fingerprint density at radius 2 is 1.97 bits per heavy atom. The SMILES string of the molecule is Cc1ccc(C)c(NC(=O)Cn2cnc(-c3noc(-c4ccc(F)cc4)n3)c2)c1. The number of hydrogen-bond donors (Lipinski definition) is 1. The van der Waals surface area contributed by atoms with Crippen LogP contribution in [0.15, 0.2) is 59.5 Å². The van der Waals surface area contributed by atoms with E-state index in [1.54, 1.807) is 22.9 Å². The monoisotopic (exact) mass is 391 g/mol. The zero-order valence-corrected chi connectivity index (χ0v) is 15.9. The van der Waals surface area contributed by atoms with Crippen LogP contribution in [0.4, 0.5) is 10.1 Å². The summed E-state index contributed by atoms with van der Waals surface area (Å²) in [5.74, 6) is 0.0503. The third-order valence-corrected chi connectivity index (χ3v) is 4.37.